The lowest BCUT2D eigenvalue weighted by Crippen LogP contribution is -1.92. The maximum absolute atomic E-state index is 10.7. The van der Waals surface area contributed by atoms with E-state index < -0.39 is 0 Å². The Bertz CT molecular complexity index is 350. The number of methoxy groups -OCH3 is 1. The number of benzene rings is 1. The average Bonchev–Trinajstić information content (AvgIpc) is 2.29. The summed E-state index contributed by atoms with van der Waals surface area (Å²) in [7, 11) is 1.36. The third-order valence-electron chi connectivity index (χ3n) is 1.88. The molecule has 2 heteroatoms. The first-order valence-electron chi connectivity index (χ1n) is 4.78. The van der Waals surface area contributed by atoms with E-state index in [1.165, 1.54) is 18.7 Å². The molecule has 78 valence electrons. The van der Waals surface area contributed by atoms with Gasteiger partial charge in [-0.1, -0.05) is 48.6 Å². The van der Waals surface area contributed by atoms with Crippen molar-refractivity contribution in [2.45, 2.75) is 6.42 Å². The normalized spacial score (nSPS) is 11.0. The van der Waals surface area contributed by atoms with Crippen molar-refractivity contribution in [3.63, 3.8) is 0 Å². The van der Waals surface area contributed by atoms with E-state index in [0.717, 1.165) is 6.42 Å². The molecule has 15 heavy (non-hydrogen) atoms. The standard InChI is InChI=1S/C13H14O2/c1-15-13(14)11-7-3-6-10-12-8-4-2-5-9-12/h2-9,11H,10H2,1H3. The van der Waals surface area contributed by atoms with Crippen LogP contribution in [0.5, 0.6) is 0 Å². The molecule has 0 aliphatic heterocycles. The predicted molar refractivity (Wildman–Crippen MR) is 60.4 cm³/mol. The van der Waals surface area contributed by atoms with Gasteiger partial charge in [0.1, 0.15) is 0 Å². The number of allylic oxidation sites excluding steroid dienone is 3. The van der Waals surface area contributed by atoms with Gasteiger partial charge >= 0.3 is 5.97 Å². The van der Waals surface area contributed by atoms with E-state index in [1.54, 1.807) is 6.08 Å². The van der Waals surface area contributed by atoms with Crippen LogP contribution in [0.1, 0.15) is 5.56 Å². The highest BCUT2D eigenvalue weighted by atomic mass is 16.5. The van der Waals surface area contributed by atoms with E-state index in [4.69, 9.17) is 0 Å². The largest absolute Gasteiger partial charge is 0.466 e. The molecule has 0 atom stereocenters. The van der Waals surface area contributed by atoms with Gasteiger partial charge in [0.2, 0.25) is 0 Å². The monoisotopic (exact) mass is 202 g/mol. The first-order chi connectivity index (χ1) is 7.33. The number of ether oxygens (including phenoxy) is 1. The van der Waals surface area contributed by atoms with Crippen LogP contribution in [0.3, 0.4) is 0 Å². The Morgan fingerprint density at radius 3 is 2.67 bits per heavy atom. The maximum atomic E-state index is 10.7. The fourth-order valence-electron chi connectivity index (χ4n) is 1.10. The molecule has 0 aliphatic rings. The maximum Gasteiger partial charge on any atom is 0.330 e. The Kier molecular flexibility index (Phi) is 4.95. The molecule has 0 saturated heterocycles. The van der Waals surface area contributed by atoms with Crippen LogP contribution in [0.4, 0.5) is 0 Å². The van der Waals surface area contributed by atoms with Crippen molar-refractivity contribution in [2.75, 3.05) is 7.11 Å². The third kappa shape index (κ3) is 4.81. The van der Waals surface area contributed by atoms with Crippen LogP contribution in [0.25, 0.3) is 0 Å². The topological polar surface area (TPSA) is 26.3 Å². The van der Waals surface area contributed by atoms with E-state index in [-0.39, 0.29) is 5.97 Å². The van der Waals surface area contributed by atoms with Gasteiger partial charge < -0.3 is 4.74 Å². The number of carbonyl (C=O) groups is 1. The van der Waals surface area contributed by atoms with Gasteiger partial charge in [-0.15, -0.1) is 0 Å². The zero-order chi connectivity index (χ0) is 10.9. The lowest BCUT2D eigenvalue weighted by molar-refractivity contribution is -0.134. The second kappa shape index (κ2) is 6.60. The highest BCUT2D eigenvalue weighted by molar-refractivity contribution is 5.82. The van der Waals surface area contributed by atoms with Crippen molar-refractivity contribution in [1.29, 1.82) is 0 Å². The summed E-state index contributed by atoms with van der Waals surface area (Å²) >= 11 is 0. The average molecular weight is 202 g/mol. The molecule has 1 aromatic rings. The second-order valence-electron chi connectivity index (χ2n) is 3.00. The van der Waals surface area contributed by atoms with E-state index in [2.05, 4.69) is 16.9 Å². The lowest BCUT2D eigenvalue weighted by atomic mass is 10.1. The summed E-state index contributed by atoms with van der Waals surface area (Å²) in [5.74, 6) is -0.334. The van der Waals surface area contributed by atoms with E-state index >= 15 is 0 Å². The smallest absolute Gasteiger partial charge is 0.330 e. The zero-order valence-electron chi connectivity index (χ0n) is 8.72. The van der Waals surface area contributed by atoms with Gasteiger partial charge in [0.15, 0.2) is 0 Å². The molecule has 0 unspecified atom stereocenters. The minimum atomic E-state index is -0.334. The van der Waals surface area contributed by atoms with Gasteiger partial charge in [0.25, 0.3) is 0 Å². The number of esters is 1. The van der Waals surface area contributed by atoms with E-state index in [0.29, 0.717) is 0 Å². The van der Waals surface area contributed by atoms with Crippen molar-refractivity contribution < 1.29 is 9.53 Å². The summed E-state index contributed by atoms with van der Waals surface area (Å²) < 4.78 is 4.46. The van der Waals surface area contributed by atoms with Crippen molar-refractivity contribution in [1.82, 2.24) is 0 Å². The molecular weight excluding hydrogens is 188 g/mol. The predicted octanol–water partition coefficient (Wildman–Crippen LogP) is 2.51. The fraction of sp³-hybridized carbons (Fsp3) is 0.154. The van der Waals surface area contributed by atoms with Gasteiger partial charge in [0.05, 0.1) is 7.11 Å². The lowest BCUT2D eigenvalue weighted by Gasteiger charge is -1.92. The molecule has 1 rings (SSSR count). The minimum Gasteiger partial charge on any atom is -0.466 e. The van der Waals surface area contributed by atoms with Crippen LogP contribution in [0.2, 0.25) is 0 Å². The summed E-state index contributed by atoms with van der Waals surface area (Å²) in [6, 6.07) is 10.1. The molecular formula is C13H14O2. The molecule has 0 bridgehead atoms. The van der Waals surface area contributed by atoms with Crippen LogP contribution in [0, 0.1) is 0 Å². The fourth-order valence-corrected chi connectivity index (χ4v) is 1.10. The first kappa shape index (κ1) is 11.2. The number of hydrogen-bond acceptors (Lipinski definition) is 2. The quantitative estimate of drug-likeness (QED) is 0.426. The van der Waals surface area contributed by atoms with E-state index in [9.17, 15) is 4.79 Å². The van der Waals surface area contributed by atoms with Gasteiger partial charge in [-0.05, 0) is 12.0 Å². The van der Waals surface area contributed by atoms with Gasteiger partial charge in [-0.25, -0.2) is 4.79 Å². The Balaban J connectivity index is 2.35. The summed E-state index contributed by atoms with van der Waals surface area (Å²) in [5.41, 5.74) is 1.25. The summed E-state index contributed by atoms with van der Waals surface area (Å²) in [5, 5.41) is 0. The van der Waals surface area contributed by atoms with E-state index in [1.807, 2.05) is 30.4 Å². The molecule has 0 aliphatic carbocycles. The first-order valence-corrected chi connectivity index (χ1v) is 4.78. The minimum absolute atomic E-state index is 0.334. The highest BCUT2D eigenvalue weighted by Gasteiger charge is 1.87. The van der Waals surface area contributed by atoms with Crippen molar-refractivity contribution in [3.8, 4) is 0 Å². The molecule has 0 N–H and O–H groups in total. The summed E-state index contributed by atoms with van der Waals surface area (Å²) in [6.07, 6.45) is 7.77. The molecule has 0 fully saturated rings. The third-order valence-corrected chi connectivity index (χ3v) is 1.88. The van der Waals surface area contributed by atoms with Gasteiger partial charge in [0, 0.05) is 6.08 Å². The molecule has 1 aromatic carbocycles. The van der Waals surface area contributed by atoms with Crippen LogP contribution in [-0.2, 0) is 16.0 Å². The van der Waals surface area contributed by atoms with Gasteiger partial charge in [-0.3, -0.25) is 0 Å². The molecule has 2 nitrogen and oxygen atoms in total. The van der Waals surface area contributed by atoms with Crippen LogP contribution in [-0.4, -0.2) is 13.1 Å². The zero-order valence-corrected chi connectivity index (χ0v) is 8.72. The van der Waals surface area contributed by atoms with Crippen molar-refractivity contribution in [3.05, 3.63) is 60.2 Å². The van der Waals surface area contributed by atoms with Crippen molar-refractivity contribution >= 4 is 5.97 Å². The summed E-state index contributed by atoms with van der Waals surface area (Å²) in [4.78, 5) is 10.7. The van der Waals surface area contributed by atoms with Crippen molar-refractivity contribution in [2.24, 2.45) is 0 Å². The Labute approximate surface area is 89.9 Å². The second-order valence-corrected chi connectivity index (χ2v) is 3.00. The van der Waals surface area contributed by atoms with Crippen LogP contribution < -0.4 is 0 Å². The molecule has 0 saturated carbocycles. The van der Waals surface area contributed by atoms with Gasteiger partial charge in [-0.2, -0.15) is 0 Å². The Hall–Kier alpha value is -1.83. The number of hydrogen-bond donors (Lipinski definition) is 0. The molecule has 0 radical (unpaired) electrons. The number of carbonyl (C=O) groups excluding carboxylic acids is 1. The Morgan fingerprint density at radius 2 is 2.00 bits per heavy atom. The molecule has 0 spiro atoms. The highest BCUT2D eigenvalue weighted by Crippen LogP contribution is 1.99. The van der Waals surface area contributed by atoms with Crippen LogP contribution >= 0.6 is 0 Å². The van der Waals surface area contributed by atoms with Crippen LogP contribution in [0.15, 0.2) is 54.6 Å². The number of rotatable bonds is 4. The molecule has 0 heterocycles. The molecule has 0 amide bonds. The SMILES string of the molecule is COC(=O)C=CC=CCc1ccccc1. The Morgan fingerprint density at radius 1 is 1.27 bits per heavy atom. The summed E-state index contributed by atoms with van der Waals surface area (Å²) in [6.45, 7) is 0. The molecule has 0 aromatic heterocycles.